The summed E-state index contributed by atoms with van der Waals surface area (Å²) in [5.41, 5.74) is 1.00. The van der Waals surface area contributed by atoms with Crippen molar-refractivity contribution in [3.8, 4) is 0 Å². The van der Waals surface area contributed by atoms with E-state index >= 15 is 0 Å². The average molecular weight is 271 g/mol. The van der Waals surface area contributed by atoms with E-state index in [2.05, 4.69) is 19.2 Å². The van der Waals surface area contributed by atoms with E-state index in [4.69, 9.17) is 11.6 Å². The van der Waals surface area contributed by atoms with E-state index in [1.807, 2.05) is 0 Å². The SMILES string of the molecule is CCCC(Cc1ccc([N+](=O)[O-])cc1Cl)NCC. The number of benzene rings is 1. The van der Waals surface area contributed by atoms with Gasteiger partial charge in [-0.3, -0.25) is 10.1 Å². The van der Waals surface area contributed by atoms with E-state index in [9.17, 15) is 10.1 Å². The molecule has 18 heavy (non-hydrogen) atoms. The molecule has 1 rings (SSSR count). The number of likely N-dealkylation sites (N-methyl/N-ethyl adjacent to an activating group) is 1. The summed E-state index contributed by atoms with van der Waals surface area (Å²) in [6, 6.07) is 5.06. The van der Waals surface area contributed by atoms with E-state index in [1.165, 1.54) is 12.1 Å². The Labute approximate surface area is 112 Å². The molecule has 0 heterocycles. The van der Waals surface area contributed by atoms with Crippen molar-refractivity contribution in [1.82, 2.24) is 5.32 Å². The predicted molar refractivity (Wildman–Crippen MR) is 74.2 cm³/mol. The highest BCUT2D eigenvalue weighted by Gasteiger charge is 2.13. The molecular weight excluding hydrogens is 252 g/mol. The summed E-state index contributed by atoms with van der Waals surface area (Å²) in [6.45, 7) is 5.12. The second kappa shape index (κ2) is 7.34. The Morgan fingerprint density at radius 2 is 2.17 bits per heavy atom. The second-order valence-corrected chi connectivity index (χ2v) is 4.69. The van der Waals surface area contributed by atoms with Crippen LogP contribution in [0.15, 0.2) is 18.2 Å². The fourth-order valence-electron chi connectivity index (χ4n) is 1.99. The molecule has 0 bridgehead atoms. The van der Waals surface area contributed by atoms with Gasteiger partial charge in [-0.15, -0.1) is 0 Å². The van der Waals surface area contributed by atoms with Gasteiger partial charge in [0.1, 0.15) is 0 Å². The number of hydrogen-bond acceptors (Lipinski definition) is 3. The zero-order valence-electron chi connectivity index (χ0n) is 10.8. The monoisotopic (exact) mass is 270 g/mol. The van der Waals surface area contributed by atoms with E-state index in [0.717, 1.165) is 31.4 Å². The van der Waals surface area contributed by atoms with Crippen LogP contribution in [0, 0.1) is 10.1 Å². The normalized spacial score (nSPS) is 12.4. The highest BCUT2D eigenvalue weighted by Crippen LogP contribution is 2.24. The lowest BCUT2D eigenvalue weighted by Gasteiger charge is -2.17. The molecule has 100 valence electrons. The number of nitro groups is 1. The molecule has 1 aromatic rings. The molecule has 0 spiro atoms. The van der Waals surface area contributed by atoms with Crippen LogP contribution in [0.5, 0.6) is 0 Å². The molecule has 0 fully saturated rings. The summed E-state index contributed by atoms with van der Waals surface area (Å²) in [5.74, 6) is 0. The van der Waals surface area contributed by atoms with E-state index in [-0.39, 0.29) is 5.69 Å². The molecule has 5 heteroatoms. The number of hydrogen-bond donors (Lipinski definition) is 1. The van der Waals surface area contributed by atoms with Gasteiger partial charge in [0, 0.05) is 18.2 Å². The number of nitro benzene ring substituents is 1. The topological polar surface area (TPSA) is 55.2 Å². The van der Waals surface area contributed by atoms with Crippen molar-refractivity contribution in [3.63, 3.8) is 0 Å². The maximum Gasteiger partial charge on any atom is 0.270 e. The fraction of sp³-hybridized carbons (Fsp3) is 0.538. The molecule has 0 aliphatic carbocycles. The molecule has 0 saturated carbocycles. The van der Waals surface area contributed by atoms with Gasteiger partial charge < -0.3 is 5.32 Å². The van der Waals surface area contributed by atoms with Crippen LogP contribution in [0.2, 0.25) is 5.02 Å². The molecule has 1 atom stereocenters. The standard InChI is InChI=1S/C13H19ClN2O2/c1-3-5-11(15-4-2)8-10-6-7-12(16(17)18)9-13(10)14/h6-7,9,11,15H,3-5,8H2,1-2H3. The third-order valence-electron chi connectivity index (χ3n) is 2.84. The van der Waals surface area contributed by atoms with Crippen LogP contribution in [-0.4, -0.2) is 17.5 Å². The lowest BCUT2D eigenvalue weighted by molar-refractivity contribution is -0.384. The van der Waals surface area contributed by atoms with Crippen LogP contribution >= 0.6 is 11.6 Å². The van der Waals surface area contributed by atoms with Crippen LogP contribution in [0.25, 0.3) is 0 Å². The van der Waals surface area contributed by atoms with Crippen molar-refractivity contribution in [1.29, 1.82) is 0 Å². The van der Waals surface area contributed by atoms with Crippen molar-refractivity contribution >= 4 is 17.3 Å². The number of non-ortho nitro benzene ring substituents is 1. The van der Waals surface area contributed by atoms with E-state index < -0.39 is 4.92 Å². The Bertz CT molecular complexity index is 404. The highest BCUT2D eigenvalue weighted by molar-refractivity contribution is 6.31. The summed E-state index contributed by atoms with van der Waals surface area (Å²) in [4.78, 5) is 10.2. The van der Waals surface area contributed by atoms with Gasteiger partial charge in [-0.05, 0) is 24.9 Å². The quantitative estimate of drug-likeness (QED) is 0.609. The minimum atomic E-state index is -0.427. The number of rotatable bonds is 7. The molecule has 1 aromatic carbocycles. The van der Waals surface area contributed by atoms with Gasteiger partial charge in [0.2, 0.25) is 0 Å². The molecular formula is C13H19ClN2O2. The molecule has 0 aromatic heterocycles. The summed E-state index contributed by atoms with van der Waals surface area (Å²) in [7, 11) is 0. The molecule has 1 unspecified atom stereocenters. The van der Waals surface area contributed by atoms with Gasteiger partial charge in [0.15, 0.2) is 0 Å². The maximum atomic E-state index is 10.6. The molecule has 1 N–H and O–H groups in total. The number of halogens is 1. The van der Waals surface area contributed by atoms with Crippen molar-refractivity contribution in [2.45, 2.75) is 39.2 Å². The lowest BCUT2D eigenvalue weighted by atomic mass is 10.0. The first-order valence-electron chi connectivity index (χ1n) is 6.24. The second-order valence-electron chi connectivity index (χ2n) is 4.28. The molecule has 0 aliphatic rings. The zero-order chi connectivity index (χ0) is 13.5. The molecule has 0 radical (unpaired) electrons. The predicted octanol–water partition coefficient (Wildman–Crippen LogP) is 3.57. The third kappa shape index (κ3) is 4.27. The highest BCUT2D eigenvalue weighted by atomic mass is 35.5. The smallest absolute Gasteiger partial charge is 0.270 e. The Kier molecular flexibility index (Phi) is 6.09. The first-order valence-corrected chi connectivity index (χ1v) is 6.62. The molecule has 0 aliphatic heterocycles. The van der Waals surface area contributed by atoms with Gasteiger partial charge in [-0.25, -0.2) is 0 Å². The maximum absolute atomic E-state index is 10.6. The van der Waals surface area contributed by atoms with Gasteiger partial charge in [0.25, 0.3) is 5.69 Å². The molecule has 4 nitrogen and oxygen atoms in total. The molecule has 0 saturated heterocycles. The minimum absolute atomic E-state index is 0.0410. The van der Waals surface area contributed by atoms with Gasteiger partial charge >= 0.3 is 0 Å². The third-order valence-corrected chi connectivity index (χ3v) is 3.20. The zero-order valence-corrected chi connectivity index (χ0v) is 11.5. The van der Waals surface area contributed by atoms with Gasteiger partial charge in [0.05, 0.1) is 9.95 Å². The van der Waals surface area contributed by atoms with E-state index in [1.54, 1.807) is 6.07 Å². The Balaban J connectivity index is 2.79. The Morgan fingerprint density at radius 3 is 2.67 bits per heavy atom. The summed E-state index contributed by atoms with van der Waals surface area (Å²) < 4.78 is 0. The number of nitrogens with zero attached hydrogens (tertiary/aromatic N) is 1. The first-order chi connectivity index (χ1) is 8.58. The van der Waals surface area contributed by atoms with Crippen molar-refractivity contribution < 1.29 is 4.92 Å². The minimum Gasteiger partial charge on any atom is -0.314 e. The summed E-state index contributed by atoms with van der Waals surface area (Å²) >= 11 is 6.09. The molecule has 0 amide bonds. The van der Waals surface area contributed by atoms with Crippen LogP contribution in [0.4, 0.5) is 5.69 Å². The average Bonchev–Trinajstić information content (AvgIpc) is 2.32. The number of nitrogens with one attached hydrogen (secondary N) is 1. The van der Waals surface area contributed by atoms with Crippen LogP contribution in [-0.2, 0) is 6.42 Å². The van der Waals surface area contributed by atoms with Crippen LogP contribution < -0.4 is 5.32 Å². The Morgan fingerprint density at radius 1 is 1.44 bits per heavy atom. The van der Waals surface area contributed by atoms with E-state index in [0.29, 0.717) is 11.1 Å². The fourth-order valence-corrected chi connectivity index (χ4v) is 2.25. The van der Waals surface area contributed by atoms with Crippen molar-refractivity contribution in [3.05, 3.63) is 38.9 Å². The Hall–Kier alpha value is -1.13. The van der Waals surface area contributed by atoms with Crippen molar-refractivity contribution in [2.75, 3.05) is 6.54 Å². The first kappa shape index (κ1) is 14.9. The largest absolute Gasteiger partial charge is 0.314 e. The van der Waals surface area contributed by atoms with Crippen LogP contribution in [0.1, 0.15) is 32.3 Å². The van der Waals surface area contributed by atoms with Crippen LogP contribution in [0.3, 0.4) is 0 Å². The van der Waals surface area contributed by atoms with Gasteiger partial charge in [-0.1, -0.05) is 37.9 Å². The summed E-state index contributed by atoms with van der Waals surface area (Å²) in [6.07, 6.45) is 2.97. The van der Waals surface area contributed by atoms with Crippen molar-refractivity contribution in [2.24, 2.45) is 0 Å². The van der Waals surface area contributed by atoms with Gasteiger partial charge in [-0.2, -0.15) is 0 Å². The summed E-state index contributed by atoms with van der Waals surface area (Å²) in [5, 5.41) is 14.5. The lowest BCUT2D eigenvalue weighted by Crippen LogP contribution is -2.30.